The molecule has 0 spiro atoms. The summed E-state index contributed by atoms with van der Waals surface area (Å²) in [6, 6.07) is 0. The number of hydrogen-bond donors (Lipinski definition) is 1. The fraction of sp³-hybridized carbons (Fsp3) is 0.800. The largest absolute Gasteiger partial charge is 0.481 e. The first-order valence-electron chi connectivity index (χ1n) is 2.41. The Labute approximate surface area is 56.3 Å². The fourth-order valence-electron chi connectivity index (χ4n) is 0.175. The summed E-state index contributed by atoms with van der Waals surface area (Å²) in [5.41, 5.74) is 0. The van der Waals surface area contributed by atoms with E-state index < -0.39 is 5.97 Å². The highest BCUT2D eigenvalue weighted by Crippen LogP contribution is 1.97. The van der Waals surface area contributed by atoms with Crippen LogP contribution in [-0.4, -0.2) is 11.1 Å². The van der Waals surface area contributed by atoms with E-state index in [0.29, 0.717) is 0 Å². The molecule has 3 heteroatoms. The van der Waals surface area contributed by atoms with Crippen molar-refractivity contribution < 1.29 is 9.90 Å². The third kappa shape index (κ3) is 3.99. The number of carboxylic acids is 1. The lowest BCUT2D eigenvalue weighted by atomic mass is 10.1. The molecule has 0 aromatic heterocycles. The minimum absolute atomic E-state index is 0. The van der Waals surface area contributed by atoms with Crippen LogP contribution in [0.5, 0.6) is 0 Å². The van der Waals surface area contributed by atoms with Gasteiger partial charge in [-0.2, -0.15) is 13.5 Å². The lowest BCUT2D eigenvalue weighted by molar-refractivity contribution is -0.141. The molecule has 1 atom stereocenters. The highest BCUT2D eigenvalue weighted by molar-refractivity contribution is 7.59. The quantitative estimate of drug-likeness (QED) is 0.620. The van der Waals surface area contributed by atoms with E-state index in [9.17, 15) is 4.79 Å². The van der Waals surface area contributed by atoms with Gasteiger partial charge in [-0.05, 0) is 6.42 Å². The third-order valence-corrected chi connectivity index (χ3v) is 1.03. The van der Waals surface area contributed by atoms with E-state index in [4.69, 9.17) is 5.11 Å². The highest BCUT2D eigenvalue weighted by Gasteiger charge is 2.05. The van der Waals surface area contributed by atoms with Gasteiger partial charge in [0.25, 0.3) is 0 Å². The predicted molar refractivity (Wildman–Crippen MR) is 37.5 cm³/mol. The zero-order valence-electron chi connectivity index (χ0n) is 5.14. The van der Waals surface area contributed by atoms with Crippen LogP contribution >= 0.6 is 13.5 Å². The van der Waals surface area contributed by atoms with Crippen LogP contribution in [0.3, 0.4) is 0 Å². The molecular formula is C5H12O2S. The van der Waals surface area contributed by atoms with Crippen molar-refractivity contribution >= 4 is 19.5 Å². The second-order valence-electron chi connectivity index (χ2n) is 1.65. The Kier molecular flexibility index (Phi) is 6.67. The van der Waals surface area contributed by atoms with Crippen LogP contribution in [0.15, 0.2) is 0 Å². The van der Waals surface area contributed by atoms with E-state index in [1.54, 1.807) is 6.92 Å². The van der Waals surface area contributed by atoms with Crippen LogP contribution in [0, 0.1) is 5.92 Å². The number of rotatable bonds is 2. The van der Waals surface area contributed by atoms with Crippen molar-refractivity contribution in [3.05, 3.63) is 0 Å². The van der Waals surface area contributed by atoms with Gasteiger partial charge in [0.1, 0.15) is 0 Å². The Bertz CT molecular complexity index is 72.8. The Hall–Kier alpha value is -0.180. The molecule has 0 aliphatic heterocycles. The van der Waals surface area contributed by atoms with Crippen molar-refractivity contribution in [2.24, 2.45) is 5.92 Å². The molecule has 0 saturated heterocycles. The summed E-state index contributed by atoms with van der Waals surface area (Å²) >= 11 is 0. The first-order chi connectivity index (χ1) is 3.18. The maximum Gasteiger partial charge on any atom is 0.306 e. The van der Waals surface area contributed by atoms with Gasteiger partial charge in [-0.15, -0.1) is 0 Å². The Morgan fingerprint density at radius 2 is 2.12 bits per heavy atom. The molecule has 0 bridgehead atoms. The average molecular weight is 136 g/mol. The minimum atomic E-state index is -0.706. The van der Waals surface area contributed by atoms with Crippen LogP contribution in [0.25, 0.3) is 0 Å². The van der Waals surface area contributed by atoms with Gasteiger partial charge < -0.3 is 5.11 Å². The standard InChI is InChI=1S/C5H10O2.H2S/c1-3-4(2)5(6)7;/h4H,3H2,1-2H3,(H,6,7);1H2. The molecule has 1 N–H and O–H groups in total. The Morgan fingerprint density at radius 1 is 1.75 bits per heavy atom. The van der Waals surface area contributed by atoms with E-state index in [0.717, 1.165) is 6.42 Å². The first kappa shape index (κ1) is 10.7. The predicted octanol–water partition coefficient (Wildman–Crippen LogP) is 1.23. The lowest BCUT2D eigenvalue weighted by Crippen LogP contribution is -2.06. The van der Waals surface area contributed by atoms with Gasteiger partial charge >= 0.3 is 5.97 Å². The molecule has 1 unspecified atom stereocenters. The maximum atomic E-state index is 9.93. The fourth-order valence-corrected chi connectivity index (χ4v) is 0.175. The van der Waals surface area contributed by atoms with E-state index in [2.05, 4.69) is 0 Å². The van der Waals surface area contributed by atoms with E-state index in [-0.39, 0.29) is 19.4 Å². The number of aliphatic carboxylic acids is 1. The number of hydrogen-bond acceptors (Lipinski definition) is 1. The van der Waals surface area contributed by atoms with Crippen LogP contribution in [0.4, 0.5) is 0 Å². The molecule has 2 nitrogen and oxygen atoms in total. The minimum Gasteiger partial charge on any atom is -0.481 e. The van der Waals surface area contributed by atoms with E-state index >= 15 is 0 Å². The molecule has 0 rings (SSSR count). The van der Waals surface area contributed by atoms with Gasteiger partial charge in [-0.25, -0.2) is 0 Å². The monoisotopic (exact) mass is 136 g/mol. The summed E-state index contributed by atoms with van der Waals surface area (Å²) in [6.45, 7) is 3.56. The molecule has 0 saturated carbocycles. The summed E-state index contributed by atoms with van der Waals surface area (Å²) in [7, 11) is 0. The molecular weight excluding hydrogens is 124 g/mol. The molecule has 0 radical (unpaired) electrons. The Balaban J connectivity index is 0. The molecule has 0 aromatic rings. The molecule has 0 fully saturated rings. The summed E-state index contributed by atoms with van der Waals surface area (Å²) in [4.78, 5) is 9.93. The van der Waals surface area contributed by atoms with Gasteiger partial charge in [0.05, 0.1) is 5.92 Å². The second-order valence-corrected chi connectivity index (χ2v) is 1.65. The zero-order valence-corrected chi connectivity index (χ0v) is 6.14. The maximum absolute atomic E-state index is 9.93. The van der Waals surface area contributed by atoms with Crippen molar-refractivity contribution in [3.8, 4) is 0 Å². The number of carbonyl (C=O) groups is 1. The van der Waals surface area contributed by atoms with Crippen LogP contribution in [-0.2, 0) is 4.79 Å². The van der Waals surface area contributed by atoms with Gasteiger partial charge in [0, 0.05) is 0 Å². The van der Waals surface area contributed by atoms with E-state index in [1.807, 2.05) is 6.92 Å². The summed E-state index contributed by atoms with van der Waals surface area (Å²) in [5.74, 6) is -0.887. The molecule has 8 heavy (non-hydrogen) atoms. The topological polar surface area (TPSA) is 37.3 Å². The normalized spacial score (nSPS) is 11.8. The third-order valence-electron chi connectivity index (χ3n) is 1.03. The molecule has 0 aliphatic rings. The lowest BCUT2D eigenvalue weighted by Gasteiger charge is -1.96. The van der Waals surface area contributed by atoms with Crippen molar-refractivity contribution in [1.29, 1.82) is 0 Å². The average Bonchev–Trinajstić information content (AvgIpc) is 1.65. The van der Waals surface area contributed by atoms with Crippen molar-refractivity contribution in [3.63, 3.8) is 0 Å². The smallest absolute Gasteiger partial charge is 0.306 e. The van der Waals surface area contributed by atoms with Gasteiger partial charge in [0.2, 0.25) is 0 Å². The van der Waals surface area contributed by atoms with Gasteiger partial charge in [-0.3, -0.25) is 4.79 Å². The molecule has 0 aliphatic carbocycles. The molecule has 50 valence electrons. The van der Waals surface area contributed by atoms with Gasteiger partial charge in [0.15, 0.2) is 0 Å². The van der Waals surface area contributed by atoms with Crippen molar-refractivity contribution in [2.45, 2.75) is 20.3 Å². The van der Waals surface area contributed by atoms with Crippen LogP contribution in [0.1, 0.15) is 20.3 Å². The summed E-state index contributed by atoms with van der Waals surface area (Å²) < 4.78 is 0. The van der Waals surface area contributed by atoms with Crippen LogP contribution < -0.4 is 0 Å². The molecule has 0 aromatic carbocycles. The SMILES string of the molecule is CCC(C)C(=O)O.S. The van der Waals surface area contributed by atoms with Crippen LogP contribution in [0.2, 0.25) is 0 Å². The van der Waals surface area contributed by atoms with Crippen molar-refractivity contribution in [2.75, 3.05) is 0 Å². The summed E-state index contributed by atoms with van der Waals surface area (Å²) in [6.07, 6.45) is 0.718. The van der Waals surface area contributed by atoms with Crippen molar-refractivity contribution in [1.82, 2.24) is 0 Å². The van der Waals surface area contributed by atoms with Gasteiger partial charge in [-0.1, -0.05) is 13.8 Å². The molecule has 0 amide bonds. The molecule has 0 heterocycles. The highest BCUT2D eigenvalue weighted by atomic mass is 32.1. The first-order valence-corrected chi connectivity index (χ1v) is 2.41. The summed E-state index contributed by atoms with van der Waals surface area (Å²) in [5, 5.41) is 8.18. The van der Waals surface area contributed by atoms with E-state index in [1.165, 1.54) is 0 Å². The second kappa shape index (κ2) is 4.97. The Morgan fingerprint density at radius 3 is 2.12 bits per heavy atom. The zero-order chi connectivity index (χ0) is 5.86. The number of carboxylic acid groups (broad SMARTS) is 1.